The summed E-state index contributed by atoms with van der Waals surface area (Å²) in [4.78, 5) is 12.1. The van der Waals surface area contributed by atoms with Crippen LogP contribution in [0.2, 0.25) is 0 Å². The molecule has 0 saturated carbocycles. The second-order valence-corrected chi connectivity index (χ2v) is 5.79. The number of amides is 1. The molecule has 4 nitrogen and oxygen atoms in total. The lowest BCUT2D eigenvalue weighted by molar-refractivity contribution is -0.122. The molecule has 0 aliphatic heterocycles. The number of rotatable bonds is 7. The SMILES string of the molecule is CC(C)COc1ccc(NC(=O)[C@H](C)Oc2ccccc2)cc1. The minimum Gasteiger partial charge on any atom is -0.493 e. The highest BCUT2D eigenvalue weighted by atomic mass is 16.5. The van der Waals surface area contributed by atoms with E-state index in [0.29, 0.717) is 18.3 Å². The molecule has 1 atom stereocenters. The van der Waals surface area contributed by atoms with Crippen molar-refractivity contribution in [2.75, 3.05) is 11.9 Å². The van der Waals surface area contributed by atoms with Crippen molar-refractivity contribution in [3.63, 3.8) is 0 Å². The number of carbonyl (C=O) groups is 1. The summed E-state index contributed by atoms with van der Waals surface area (Å²) in [6, 6.07) is 16.6. The molecule has 1 amide bonds. The Morgan fingerprint density at radius 1 is 0.957 bits per heavy atom. The van der Waals surface area contributed by atoms with Crippen LogP contribution in [-0.4, -0.2) is 18.6 Å². The number of carbonyl (C=O) groups excluding carboxylic acids is 1. The van der Waals surface area contributed by atoms with Gasteiger partial charge in [-0.05, 0) is 49.2 Å². The average Bonchev–Trinajstić information content (AvgIpc) is 2.55. The lowest BCUT2D eigenvalue weighted by Crippen LogP contribution is -2.30. The number of benzene rings is 2. The lowest BCUT2D eigenvalue weighted by atomic mass is 10.2. The standard InChI is InChI=1S/C19H23NO3/c1-14(2)13-22-17-11-9-16(10-12-17)20-19(21)15(3)23-18-7-5-4-6-8-18/h4-12,14-15H,13H2,1-3H3,(H,20,21)/t15-/m0/s1. The minimum atomic E-state index is -0.575. The number of hydrogen-bond donors (Lipinski definition) is 1. The van der Waals surface area contributed by atoms with Crippen molar-refractivity contribution in [1.29, 1.82) is 0 Å². The van der Waals surface area contributed by atoms with Crippen LogP contribution in [0.1, 0.15) is 20.8 Å². The van der Waals surface area contributed by atoms with E-state index in [1.165, 1.54) is 0 Å². The lowest BCUT2D eigenvalue weighted by Gasteiger charge is -2.15. The molecular weight excluding hydrogens is 290 g/mol. The Balaban J connectivity index is 1.87. The van der Waals surface area contributed by atoms with E-state index in [4.69, 9.17) is 9.47 Å². The molecule has 0 aromatic heterocycles. The third-order valence-corrected chi connectivity index (χ3v) is 3.13. The number of ether oxygens (including phenoxy) is 2. The normalized spacial score (nSPS) is 11.8. The van der Waals surface area contributed by atoms with Gasteiger partial charge < -0.3 is 14.8 Å². The van der Waals surface area contributed by atoms with Gasteiger partial charge in [0.1, 0.15) is 11.5 Å². The summed E-state index contributed by atoms with van der Waals surface area (Å²) in [5, 5.41) is 2.83. The Bertz CT molecular complexity index is 608. The fourth-order valence-electron chi connectivity index (χ4n) is 1.90. The zero-order chi connectivity index (χ0) is 16.7. The third-order valence-electron chi connectivity index (χ3n) is 3.13. The quantitative estimate of drug-likeness (QED) is 0.836. The molecule has 0 unspecified atom stereocenters. The van der Waals surface area contributed by atoms with Gasteiger partial charge in [-0.1, -0.05) is 32.0 Å². The molecule has 0 saturated heterocycles. The maximum Gasteiger partial charge on any atom is 0.265 e. The van der Waals surface area contributed by atoms with Crippen molar-refractivity contribution in [3.8, 4) is 11.5 Å². The third kappa shape index (κ3) is 5.66. The second-order valence-electron chi connectivity index (χ2n) is 5.79. The Kier molecular flexibility index (Phi) is 6.03. The van der Waals surface area contributed by atoms with E-state index >= 15 is 0 Å². The van der Waals surface area contributed by atoms with Crippen LogP contribution in [0.5, 0.6) is 11.5 Å². The van der Waals surface area contributed by atoms with Crippen LogP contribution in [0.3, 0.4) is 0 Å². The highest BCUT2D eigenvalue weighted by Gasteiger charge is 2.14. The first-order chi connectivity index (χ1) is 11.0. The molecule has 23 heavy (non-hydrogen) atoms. The van der Waals surface area contributed by atoms with Gasteiger partial charge in [0.25, 0.3) is 5.91 Å². The molecule has 0 bridgehead atoms. The first kappa shape index (κ1) is 16.9. The summed E-state index contributed by atoms with van der Waals surface area (Å²) in [6.45, 7) is 6.60. The predicted molar refractivity (Wildman–Crippen MR) is 91.9 cm³/mol. The molecular formula is C19H23NO3. The second kappa shape index (κ2) is 8.22. The van der Waals surface area contributed by atoms with E-state index in [2.05, 4.69) is 19.2 Å². The molecule has 2 rings (SSSR count). The minimum absolute atomic E-state index is 0.190. The van der Waals surface area contributed by atoms with E-state index < -0.39 is 6.10 Å². The summed E-state index contributed by atoms with van der Waals surface area (Å²) in [5.74, 6) is 1.76. The molecule has 122 valence electrons. The van der Waals surface area contributed by atoms with Gasteiger partial charge in [-0.25, -0.2) is 0 Å². The van der Waals surface area contributed by atoms with Crippen LogP contribution >= 0.6 is 0 Å². The number of nitrogens with one attached hydrogen (secondary N) is 1. The van der Waals surface area contributed by atoms with Gasteiger partial charge >= 0.3 is 0 Å². The molecule has 2 aromatic carbocycles. The van der Waals surface area contributed by atoms with Gasteiger partial charge in [0.2, 0.25) is 0 Å². The Morgan fingerprint density at radius 2 is 1.61 bits per heavy atom. The maximum absolute atomic E-state index is 12.1. The van der Waals surface area contributed by atoms with Crippen molar-refractivity contribution < 1.29 is 14.3 Å². The molecule has 0 aliphatic carbocycles. The zero-order valence-corrected chi connectivity index (χ0v) is 13.8. The Hall–Kier alpha value is -2.49. The Morgan fingerprint density at radius 3 is 2.22 bits per heavy atom. The number of anilines is 1. The maximum atomic E-state index is 12.1. The summed E-state index contributed by atoms with van der Waals surface area (Å²) in [7, 11) is 0. The van der Waals surface area contributed by atoms with E-state index in [1.807, 2.05) is 54.6 Å². The Labute approximate surface area is 137 Å². The molecule has 0 heterocycles. The molecule has 0 radical (unpaired) electrons. The zero-order valence-electron chi connectivity index (χ0n) is 13.8. The van der Waals surface area contributed by atoms with Gasteiger partial charge in [-0.15, -0.1) is 0 Å². The fourth-order valence-corrected chi connectivity index (χ4v) is 1.90. The van der Waals surface area contributed by atoms with E-state index in [1.54, 1.807) is 6.92 Å². The summed E-state index contributed by atoms with van der Waals surface area (Å²) in [5.41, 5.74) is 0.718. The van der Waals surface area contributed by atoms with Crippen molar-refractivity contribution in [1.82, 2.24) is 0 Å². The fraction of sp³-hybridized carbons (Fsp3) is 0.316. The summed E-state index contributed by atoms with van der Waals surface area (Å²) in [6.07, 6.45) is -0.575. The highest BCUT2D eigenvalue weighted by molar-refractivity contribution is 5.94. The first-order valence-corrected chi connectivity index (χ1v) is 7.80. The van der Waals surface area contributed by atoms with Gasteiger partial charge in [-0.2, -0.15) is 0 Å². The van der Waals surface area contributed by atoms with E-state index in [9.17, 15) is 4.79 Å². The molecule has 1 N–H and O–H groups in total. The number of hydrogen-bond acceptors (Lipinski definition) is 3. The molecule has 0 spiro atoms. The van der Waals surface area contributed by atoms with Crippen LogP contribution in [0.4, 0.5) is 5.69 Å². The monoisotopic (exact) mass is 313 g/mol. The van der Waals surface area contributed by atoms with Crippen molar-refractivity contribution >= 4 is 11.6 Å². The van der Waals surface area contributed by atoms with E-state index in [0.717, 1.165) is 11.4 Å². The van der Waals surface area contributed by atoms with Crippen molar-refractivity contribution in [2.45, 2.75) is 26.9 Å². The van der Waals surface area contributed by atoms with Gasteiger partial charge in [0, 0.05) is 5.69 Å². The van der Waals surface area contributed by atoms with Crippen LogP contribution in [0.15, 0.2) is 54.6 Å². The molecule has 2 aromatic rings. The van der Waals surface area contributed by atoms with Crippen LogP contribution < -0.4 is 14.8 Å². The molecule has 4 heteroatoms. The smallest absolute Gasteiger partial charge is 0.265 e. The topological polar surface area (TPSA) is 47.6 Å². The molecule has 0 fully saturated rings. The van der Waals surface area contributed by atoms with Gasteiger partial charge in [0.05, 0.1) is 6.61 Å². The van der Waals surface area contributed by atoms with Gasteiger partial charge in [0.15, 0.2) is 6.10 Å². The van der Waals surface area contributed by atoms with Crippen LogP contribution in [-0.2, 0) is 4.79 Å². The van der Waals surface area contributed by atoms with Gasteiger partial charge in [-0.3, -0.25) is 4.79 Å². The molecule has 0 aliphatic rings. The predicted octanol–water partition coefficient (Wildman–Crippen LogP) is 4.13. The van der Waals surface area contributed by atoms with Crippen molar-refractivity contribution in [3.05, 3.63) is 54.6 Å². The highest BCUT2D eigenvalue weighted by Crippen LogP contribution is 2.17. The van der Waals surface area contributed by atoms with E-state index in [-0.39, 0.29) is 5.91 Å². The summed E-state index contributed by atoms with van der Waals surface area (Å²) < 4.78 is 11.2. The van der Waals surface area contributed by atoms with Crippen LogP contribution in [0, 0.1) is 5.92 Å². The average molecular weight is 313 g/mol. The summed E-state index contributed by atoms with van der Waals surface area (Å²) >= 11 is 0. The first-order valence-electron chi connectivity index (χ1n) is 7.80. The van der Waals surface area contributed by atoms with Crippen molar-refractivity contribution in [2.24, 2.45) is 5.92 Å². The van der Waals surface area contributed by atoms with Crippen LogP contribution in [0.25, 0.3) is 0 Å². The largest absolute Gasteiger partial charge is 0.493 e. The number of para-hydroxylation sites is 1.